The molecule has 5 nitrogen and oxygen atoms in total. The lowest BCUT2D eigenvalue weighted by molar-refractivity contribution is -0.140. The molecule has 0 saturated heterocycles. The van der Waals surface area contributed by atoms with Gasteiger partial charge in [0.2, 0.25) is 0 Å². The summed E-state index contributed by atoms with van der Waals surface area (Å²) in [5, 5.41) is 5.81. The van der Waals surface area contributed by atoms with E-state index in [-0.39, 0.29) is 12.5 Å². The maximum atomic E-state index is 11.2. The number of fused-ring (bicyclic) bond motifs is 1. The third kappa shape index (κ3) is 2.27. The van der Waals surface area contributed by atoms with Crippen molar-refractivity contribution < 1.29 is 9.53 Å². The van der Waals surface area contributed by atoms with Crippen molar-refractivity contribution in [3.05, 3.63) is 17.8 Å². The van der Waals surface area contributed by atoms with Gasteiger partial charge in [-0.15, -0.1) is 11.3 Å². The summed E-state index contributed by atoms with van der Waals surface area (Å²) in [6.07, 6.45) is 1.48. The molecule has 0 radical (unpaired) electrons. The molecule has 0 bridgehead atoms. The highest BCUT2D eigenvalue weighted by Gasteiger charge is 2.06. The Morgan fingerprint density at radius 2 is 2.44 bits per heavy atom. The molecular formula is C10H11N3O2S. The highest BCUT2D eigenvalue weighted by atomic mass is 32.1. The predicted molar refractivity (Wildman–Crippen MR) is 62.5 cm³/mol. The predicted octanol–water partition coefficient (Wildman–Crippen LogP) is 1.67. The first-order valence-electron chi connectivity index (χ1n) is 4.89. The first kappa shape index (κ1) is 10.8. The van der Waals surface area contributed by atoms with Crippen LogP contribution in [0.25, 0.3) is 10.2 Å². The first-order chi connectivity index (χ1) is 7.81. The monoisotopic (exact) mass is 237 g/mol. The van der Waals surface area contributed by atoms with Gasteiger partial charge in [-0.25, -0.2) is 9.97 Å². The van der Waals surface area contributed by atoms with Crippen molar-refractivity contribution in [3.63, 3.8) is 0 Å². The van der Waals surface area contributed by atoms with Crippen molar-refractivity contribution in [1.82, 2.24) is 9.97 Å². The molecule has 6 heteroatoms. The van der Waals surface area contributed by atoms with Crippen LogP contribution in [0.2, 0.25) is 0 Å². The smallest absolute Gasteiger partial charge is 0.325 e. The van der Waals surface area contributed by atoms with E-state index < -0.39 is 0 Å². The van der Waals surface area contributed by atoms with Crippen molar-refractivity contribution in [3.8, 4) is 0 Å². The fourth-order valence-electron chi connectivity index (χ4n) is 1.30. The van der Waals surface area contributed by atoms with Gasteiger partial charge in [-0.05, 0) is 18.4 Å². The van der Waals surface area contributed by atoms with Crippen LogP contribution in [0.1, 0.15) is 6.92 Å². The molecule has 0 spiro atoms. The molecule has 2 aromatic rings. The largest absolute Gasteiger partial charge is 0.465 e. The first-order valence-corrected chi connectivity index (χ1v) is 5.77. The lowest BCUT2D eigenvalue weighted by Gasteiger charge is -2.05. The zero-order valence-electron chi connectivity index (χ0n) is 8.77. The number of nitrogens with zero attached hydrogens (tertiary/aromatic N) is 2. The lowest BCUT2D eigenvalue weighted by Crippen LogP contribution is -2.17. The summed E-state index contributed by atoms with van der Waals surface area (Å²) in [5.74, 6) is 0.379. The van der Waals surface area contributed by atoms with Gasteiger partial charge in [-0.1, -0.05) is 0 Å². The van der Waals surface area contributed by atoms with Crippen LogP contribution in [0.5, 0.6) is 0 Å². The molecule has 0 aliphatic carbocycles. The SMILES string of the molecule is CCOC(=O)CNc1ncnc2sccc12. The van der Waals surface area contributed by atoms with Crippen LogP contribution in [0, 0.1) is 0 Å². The summed E-state index contributed by atoms with van der Waals surface area (Å²) in [7, 11) is 0. The number of hydrogen-bond donors (Lipinski definition) is 1. The van der Waals surface area contributed by atoms with Gasteiger partial charge in [0, 0.05) is 0 Å². The van der Waals surface area contributed by atoms with Crippen LogP contribution in [0.3, 0.4) is 0 Å². The number of carbonyl (C=O) groups is 1. The Labute approximate surface area is 96.5 Å². The molecule has 2 heterocycles. The average molecular weight is 237 g/mol. The molecule has 2 rings (SSSR count). The summed E-state index contributed by atoms with van der Waals surface area (Å²) >= 11 is 1.54. The van der Waals surface area contributed by atoms with Gasteiger partial charge in [0.05, 0.1) is 12.0 Å². The normalized spacial score (nSPS) is 10.3. The second-order valence-corrected chi connectivity index (χ2v) is 3.91. The van der Waals surface area contributed by atoms with Crippen LogP contribution in [0.4, 0.5) is 5.82 Å². The minimum Gasteiger partial charge on any atom is -0.465 e. The number of thiophene rings is 1. The summed E-state index contributed by atoms with van der Waals surface area (Å²) in [5.41, 5.74) is 0. The number of aromatic nitrogens is 2. The van der Waals surface area contributed by atoms with Gasteiger partial charge in [0.1, 0.15) is 23.5 Å². The van der Waals surface area contributed by atoms with Crippen molar-refractivity contribution in [2.24, 2.45) is 0 Å². The zero-order valence-corrected chi connectivity index (χ0v) is 9.58. The fourth-order valence-corrected chi connectivity index (χ4v) is 2.03. The number of esters is 1. The van der Waals surface area contributed by atoms with Gasteiger partial charge in [0.25, 0.3) is 0 Å². The van der Waals surface area contributed by atoms with E-state index in [9.17, 15) is 4.79 Å². The van der Waals surface area contributed by atoms with E-state index in [1.54, 1.807) is 6.92 Å². The number of hydrogen-bond acceptors (Lipinski definition) is 6. The van der Waals surface area contributed by atoms with E-state index in [4.69, 9.17) is 4.74 Å². The highest BCUT2D eigenvalue weighted by molar-refractivity contribution is 7.16. The van der Waals surface area contributed by atoms with Crippen molar-refractivity contribution in [2.75, 3.05) is 18.5 Å². The highest BCUT2D eigenvalue weighted by Crippen LogP contribution is 2.23. The fraction of sp³-hybridized carbons (Fsp3) is 0.300. The number of rotatable bonds is 4. The number of nitrogens with one attached hydrogen (secondary N) is 1. The van der Waals surface area contributed by atoms with Gasteiger partial charge < -0.3 is 10.1 Å². The van der Waals surface area contributed by atoms with Crippen molar-refractivity contribution in [2.45, 2.75) is 6.92 Å². The molecule has 0 aliphatic rings. The summed E-state index contributed by atoms with van der Waals surface area (Å²) < 4.78 is 4.81. The third-order valence-corrected chi connectivity index (χ3v) is 2.79. The Balaban J connectivity index is 2.09. The number of ether oxygens (including phenoxy) is 1. The van der Waals surface area contributed by atoms with E-state index in [0.717, 1.165) is 10.2 Å². The van der Waals surface area contributed by atoms with E-state index in [2.05, 4.69) is 15.3 Å². The second-order valence-electron chi connectivity index (χ2n) is 3.02. The molecule has 0 aromatic carbocycles. The lowest BCUT2D eigenvalue weighted by atomic mass is 10.4. The molecule has 0 fully saturated rings. The molecular weight excluding hydrogens is 226 g/mol. The zero-order chi connectivity index (χ0) is 11.4. The maximum Gasteiger partial charge on any atom is 0.325 e. The third-order valence-electron chi connectivity index (χ3n) is 1.97. The number of carbonyl (C=O) groups excluding carboxylic acids is 1. The molecule has 0 unspecified atom stereocenters. The van der Waals surface area contributed by atoms with Crippen LogP contribution < -0.4 is 5.32 Å². The van der Waals surface area contributed by atoms with Crippen LogP contribution in [0.15, 0.2) is 17.8 Å². The summed E-state index contributed by atoms with van der Waals surface area (Å²) in [6.45, 7) is 2.29. The standard InChI is InChI=1S/C10H11N3O2S/c1-2-15-8(14)5-11-9-7-3-4-16-10(7)13-6-12-9/h3-4,6H,2,5H2,1H3,(H,11,12,13). The molecule has 1 N–H and O–H groups in total. The second kappa shape index (κ2) is 4.89. The minimum absolute atomic E-state index is 0.121. The van der Waals surface area contributed by atoms with E-state index in [1.165, 1.54) is 17.7 Å². The summed E-state index contributed by atoms with van der Waals surface area (Å²) in [4.78, 5) is 20.3. The minimum atomic E-state index is -0.288. The molecule has 0 saturated carbocycles. The van der Waals surface area contributed by atoms with Crippen LogP contribution in [-0.4, -0.2) is 29.1 Å². The van der Waals surface area contributed by atoms with E-state index in [1.807, 2.05) is 11.4 Å². The van der Waals surface area contributed by atoms with E-state index in [0.29, 0.717) is 12.4 Å². The van der Waals surface area contributed by atoms with Gasteiger partial charge in [-0.3, -0.25) is 4.79 Å². The molecule has 0 atom stereocenters. The topological polar surface area (TPSA) is 64.1 Å². The Bertz CT molecular complexity index is 498. The summed E-state index contributed by atoms with van der Waals surface area (Å²) in [6, 6.07) is 1.92. The van der Waals surface area contributed by atoms with Gasteiger partial charge in [0.15, 0.2) is 0 Å². The quantitative estimate of drug-likeness (QED) is 0.819. The molecule has 0 amide bonds. The molecule has 0 aliphatic heterocycles. The Kier molecular flexibility index (Phi) is 3.31. The van der Waals surface area contributed by atoms with Crippen LogP contribution in [-0.2, 0) is 9.53 Å². The maximum absolute atomic E-state index is 11.2. The van der Waals surface area contributed by atoms with E-state index >= 15 is 0 Å². The number of anilines is 1. The molecule has 2 aromatic heterocycles. The Hall–Kier alpha value is -1.69. The average Bonchev–Trinajstić information content (AvgIpc) is 2.75. The van der Waals surface area contributed by atoms with Crippen LogP contribution >= 0.6 is 11.3 Å². The Morgan fingerprint density at radius 1 is 1.56 bits per heavy atom. The van der Waals surface area contributed by atoms with Crippen molar-refractivity contribution >= 4 is 33.3 Å². The Morgan fingerprint density at radius 3 is 3.25 bits per heavy atom. The molecule has 16 heavy (non-hydrogen) atoms. The van der Waals surface area contributed by atoms with Crippen molar-refractivity contribution in [1.29, 1.82) is 0 Å². The molecule has 84 valence electrons. The van der Waals surface area contributed by atoms with Gasteiger partial charge in [-0.2, -0.15) is 0 Å². The van der Waals surface area contributed by atoms with Gasteiger partial charge >= 0.3 is 5.97 Å².